The lowest BCUT2D eigenvalue weighted by Gasteiger charge is -2.31. The van der Waals surface area contributed by atoms with Crippen molar-refractivity contribution >= 4 is 0 Å². The van der Waals surface area contributed by atoms with Gasteiger partial charge in [0.2, 0.25) is 0 Å². The van der Waals surface area contributed by atoms with Crippen LogP contribution >= 0.6 is 0 Å². The average molecular weight is 248 g/mol. The number of hydrogen-bond donors (Lipinski definition) is 0. The van der Waals surface area contributed by atoms with Crippen molar-refractivity contribution in [2.45, 2.75) is 66.7 Å². The molecule has 0 aromatic carbocycles. The van der Waals surface area contributed by atoms with Crippen LogP contribution in [-0.2, 0) is 0 Å². The van der Waals surface area contributed by atoms with Gasteiger partial charge in [0, 0.05) is 0 Å². The fraction of sp³-hybridized carbons (Fsp3) is 0.667. The van der Waals surface area contributed by atoms with Gasteiger partial charge in [-0.2, -0.15) is 0 Å². The molecule has 1 atom stereocenters. The Morgan fingerprint density at radius 3 is 2.06 bits per heavy atom. The lowest BCUT2D eigenvalue weighted by Crippen LogP contribution is -2.19. The fourth-order valence-electron chi connectivity index (χ4n) is 2.31. The molecule has 0 saturated heterocycles. The van der Waals surface area contributed by atoms with Gasteiger partial charge >= 0.3 is 0 Å². The summed E-state index contributed by atoms with van der Waals surface area (Å²) < 4.78 is 0. The predicted molar refractivity (Wildman–Crippen MR) is 84.8 cm³/mol. The molecule has 0 N–H and O–H groups in total. The molecule has 0 bridgehead atoms. The minimum absolute atomic E-state index is 0.224. The Labute approximate surface area is 115 Å². The zero-order valence-corrected chi connectivity index (χ0v) is 13.2. The van der Waals surface area contributed by atoms with Crippen molar-refractivity contribution < 1.29 is 0 Å². The van der Waals surface area contributed by atoms with Crippen molar-refractivity contribution in [2.24, 2.45) is 11.3 Å². The molecule has 0 aliphatic carbocycles. The zero-order valence-electron chi connectivity index (χ0n) is 13.2. The molecular weight excluding hydrogens is 216 g/mol. The van der Waals surface area contributed by atoms with Gasteiger partial charge in [-0.1, -0.05) is 64.0 Å². The van der Waals surface area contributed by atoms with E-state index in [0.717, 1.165) is 25.7 Å². The molecule has 0 aliphatic heterocycles. The van der Waals surface area contributed by atoms with Crippen molar-refractivity contribution in [1.82, 2.24) is 0 Å². The zero-order chi connectivity index (χ0) is 14.3. The summed E-state index contributed by atoms with van der Waals surface area (Å²) >= 11 is 0. The summed E-state index contributed by atoms with van der Waals surface area (Å²) in [6, 6.07) is 0. The number of allylic oxidation sites excluding steroid dienone is 3. The third kappa shape index (κ3) is 6.23. The van der Waals surface area contributed by atoms with E-state index in [1.54, 1.807) is 0 Å². The van der Waals surface area contributed by atoms with E-state index in [2.05, 4.69) is 54.4 Å². The minimum Gasteiger partial charge on any atom is -0.100 e. The van der Waals surface area contributed by atoms with Gasteiger partial charge in [-0.3, -0.25) is 0 Å². The molecular formula is C18H32. The van der Waals surface area contributed by atoms with Crippen molar-refractivity contribution in [2.75, 3.05) is 0 Å². The largest absolute Gasteiger partial charge is 0.100 e. The summed E-state index contributed by atoms with van der Waals surface area (Å²) in [5.74, 6) is 0.563. The lowest BCUT2D eigenvalue weighted by molar-refractivity contribution is 0.342. The van der Waals surface area contributed by atoms with Crippen LogP contribution in [0.5, 0.6) is 0 Å². The Balaban J connectivity index is 4.36. The summed E-state index contributed by atoms with van der Waals surface area (Å²) in [6.07, 6.45) is 5.62. The normalized spacial score (nSPS) is 13.2. The molecule has 18 heavy (non-hydrogen) atoms. The van der Waals surface area contributed by atoms with Gasteiger partial charge in [0.05, 0.1) is 0 Å². The Bertz CT molecular complexity index is 304. The highest BCUT2D eigenvalue weighted by atomic mass is 14.3. The third-order valence-corrected chi connectivity index (χ3v) is 3.90. The molecule has 0 aromatic heterocycles. The van der Waals surface area contributed by atoms with Gasteiger partial charge < -0.3 is 0 Å². The molecule has 1 unspecified atom stereocenters. The van der Waals surface area contributed by atoms with Crippen LogP contribution in [0.1, 0.15) is 66.7 Å². The van der Waals surface area contributed by atoms with Crippen LogP contribution in [0.3, 0.4) is 0 Å². The standard InChI is InChI=1S/C18H32/c1-9-10-17(6)18(7,8)13-16(5)15(4)12-11-14(2)3/h16H,2,4,6,9-13H2,1,3,5,7-8H3. The molecule has 0 nitrogen and oxygen atoms in total. The molecule has 0 aromatic rings. The predicted octanol–water partition coefficient (Wildman–Crippen LogP) is 6.31. The topological polar surface area (TPSA) is 0 Å². The lowest BCUT2D eigenvalue weighted by atomic mass is 9.74. The second kappa shape index (κ2) is 7.61. The van der Waals surface area contributed by atoms with Crippen LogP contribution < -0.4 is 0 Å². The highest BCUT2D eigenvalue weighted by Crippen LogP contribution is 2.37. The van der Waals surface area contributed by atoms with Crippen LogP contribution in [0.15, 0.2) is 36.5 Å². The van der Waals surface area contributed by atoms with Crippen LogP contribution in [0, 0.1) is 11.3 Å². The maximum atomic E-state index is 4.26. The summed E-state index contributed by atoms with van der Waals surface area (Å²) in [6.45, 7) is 23.7. The van der Waals surface area contributed by atoms with E-state index < -0.39 is 0 Å². The third-order valence-electron chi connectivity index (χ3n) is 3.90. The van der Waals surface area contributed by atoms with Gasteiger partial charge in [-0.15, -0.1) is 6.58 Å². The molecule has 0 fully saturated rings. The Kier molecular flexibility index (Phi) is 7.28. The van der Waals surface area contributed by atoms with E-state index in [4.69, 9.17) is 0 Å². The maximum Gasteiger partial charge on any atom is -0.0142 e. The summed E-state index contributed by atoms with van der Waals surface area (Å²) in [4.78, 5) is 0. The molecule has 0 amide bonds. The number of rotatable bonds is 9. The van der Waals surface area contributed by atoms with Crippen LogP contribution in [0.2, 0.25) is 0 Å². The van der Waals surface area contributed by atoms with Crippen molar-refractivity contribution in [3.8, 4) is 0 Å². The van der Waals surface area contributed by atoms with E-state index in [-0.39, 0.29) is 5.41 Å². The van der Waals surface area contributed by atoms with E-state index in [0.29, 0.717) is 5.92 Å². The Morgan fingerprint density at radius 2 is 1.61 bits per heavy atom. The van der Waals surface area contributed by atoms with Gasteiger partial charge in [0.1, 0.15) is 0 Å². The average Bonchev–Trinajstić information content (AvgIpc) is 2.25. The van der Waals surface area contributed by atoms with E-state index in [1.165, 1.54) is 23.1 Å². The molecule has 0 radical (unpaired) electrons. The Hall–Kier alpha value is -0.780. The quantitative estimate of drug-likeness (QED) is 0.419. The van der Waals surface area contributed by atoms with Gasteiger partial charge in [0.25, 0.3) is 0 Å². The van der Waals surface area contributed by atoms with Crippen molar-refractivity contribution in [3.63, 3.8) is 0 Å². The highest BCUT2D eigenvalue weighted by molar-refractivity contribution is 5.11. The van der Waals surface area contributed by atoms with Gasteiger partial charge in [-0.25, -0.2) is 0 Å². The van der Waals surface area contributed by atoms with Crippen molar-refractivity contribution in [3.05, 3.63) is 36.5 Å². The first-order chi connectivity index (χ1) is 8.20. The maximum absolute atomic E-state index is 4.26. The van der Waals surface area contributed by atoms with Crippen LogP contribution in [0.4, 0.5) is 0 Å². The molecule has 0 heterocycles. The first-order valence-electron chi connectivity index (χ1n) is 7.21. The van der Waals surface area contributed by atoms with E-state index >= 15 is 0 Å². The SMILES string of the molecule is C=C(C)CCC(=C)C(C)CC(C)(C)C(=C)CCC. The molecule has 0 heteroatoms. The second-order valence-electron chi connectivity index (χ2n) is 6.46. The van der Waals surface area contributed by atoms with Gasteiger partial charge in [-0.05, 0) is 43.9 Å². The number of hydrogen-bond acceptors (Lipinski definition) is 0. The van der Waals surface area contributed by atoms with E-state index in [9.17, 15) is 0 Å². The monoisotopic (exact) mass is 248 g/mol. The molecule has 0 aliphatic rings. The van der Waals surface area contributed by atoms with Crippen LogP contribution in [0.25, 0.3) is 0 Å². The first-order valence-corrected chi connectivity index (χ1v) is 7.21. The molecule has 0 rings (SSSR count). The second-order valence-corrected chi connectivity index (χ2v) is 6.46. The summed E-state index contributed by atoms with van der Waals surface area (Å²) in [5, 5.41) is 0. The fourth-order valence-corrected chi connectivity index (χ4v) is 2.31. The minimum atomic E-state index is 0.224. The molecule has 104 valence electrons. The smallest absolute Gasteiger partial charge is 0.0142 e. The Morgan fingerprint density at radius 1 is 1.06 bits per heavy atom. The molecule has 0 saturated carbocycles. The van der Waals surface area contributed by atoms with Crippen molar-refractivity contribution in [1.29, 1.82) is 0 Å². The van der Waals surface area contributed by atoms with E-state index in [1.807, 2.05) is 0 Å². The van der Waals surface area contributed by atoms with Gasteiger partial charge in [0.15, 0.2) is 0 Å². The highest BCUT2D eigenvalue weighted by Gasteiger charge is 2.24. The summed E-state index contributed by atoms with van der Waals surface area (Å²) in [5.41, 5.74) is 4.21. The van der Waals surface area contributed by atoms with Crippen LogP contribution in [-0.4, -0.2) is 0 Å². The summed E-state index contributed by atoms with van der Waals surface area (Å²) in [7, 11) is 0. The molecule has 0 spiro atoms. The first kappa shape index (κ1) is 17.2.